The Kier molecular flexibility index (Phi) is 5.30. The second kappa shape index (κ2) is 7.82. The molecule has 0 amide bonds. The third-order valence-corrected chi connectivity index (χ3v) is 6.79. The molecule has 130 valence electrons. The summed E-state index contributed by atoms with van der Waals surface area (Å²) < 4.78 is 11.6. The smallest absolute Gasteiger partial charge is 0.231 e. The first-order valence-electron chi connectivity index (χ1n) is 7.58. The summed E-state index contributed by atoms with van der Waals surface area (Å²) in [6.07, 6.45) is 0.995. The molecule has 9 heteroatoms. The average Bonchev–Trinajstić information content (AvgIpc) is 3.35. The highest BCUT2D eigenvalue weighted by atomic mass is 35.5. The summed E-state index contributed by atoms with van der Waals surface area (Å²) in [5, 5.41) is 15.3. The van der Waals surface area contributed by atoms with E-state index in [0.29, 0.717) is 16.5 Å². The number of halogens is 1. The van der Waals surface area contributed by atoms with Crippen molar-refractivity contribution in [3.05, 3.63) is 45.1 Å². The zero-order valence-electron chi connectivity index (χ0n) is 13.0. The van der Waals surface area contributed by atoms with Crippen molar-refractivity contribution in [2.75, 3.05) is 18.7 Å². The Hall–Kier alpha value is -1.48. The highest BCUT2D eigenvalue weighted by Crippen LogP contribution is 2.41. The van der Waals surface area contributed by atoms with Crippen molar-refractivity contribution in [1.29, 1.82) is 0 Å². The van der Waals surface area contributed by atoms with Gasteiger partial charge in [0.05, 0.1) is 5.02 Å². The fourth-order valence-corrected chi connectivity index (χ4v) is 5.04. The van der Waals surface area contributed by atoms with E-state index in [1.807, 2.05) is 12.1 Å². The molecule has 0 atom stereocenters. The molecule has 0 aliphatic carbocycles. The zero-order chi connectivity index (χ0) is 17.1. The van der Waals surface area contributed by atoms with Crippen LogP contribution in [0, 0.1) is 0 Å². The Morgan fingerprint density at radius 2 is 2.24 bits per heavy atom. The predicted octanol–water partition coefficient (Wildman–Crippen LogP) is 4.93. The van der Waals surface area contributed by atoms with Gasteiger partial charge in [0.25, 0.3) is 0 Å². The van der Waals surface area contributed by atoms with Crippen LogP contribution in [0.2, 0.25) is 5.02 Å². The lowest BCUT2D eigenvalue weighted by Crippen LogP contribution is -2.03. The fraction of sp³-hybridized carbons (Fsp3) is 0.250. The van der Waals surface area contributed by atoms with Gasteiger partial charge < -0.3 is 14.8 Å². The Morgan fingerprint density at radius 3 is 3.12 bits per heavy atom. The van der Waals surface area contributed by atoms with Crippen LogP contribution < -0.4 is 14.8 Å². The van der Waals surface area contributed by atoms with E-state index in [2.05, 4.69) is 33.0 Å². The van der Waals surface area contributed by atoms with Crippen molar-refractivity contribution in [1.82, 2.24) is 10.2 Å². The molecule has 0 saturated heterocycles. The van der Waals surface area contributed by atoms with Gasteiger partial charge in [0.15, 0.2) is 15.8 Å². The molecule has 5 nitrogen and oxygen atoms in total. The SMILES string of the molecule is Clc1cc(CSc2nnc(NCCc3cccs3)s2)cc2c1OCO2. The largest absolute Gasteiger partial charge is 0.454 e. The molecule has 25 heavy (non-hydrogen) atoms. The van der Waals surface area contributed by atoms with Crippen molar-refractivity contribution in [3.8, 4) is 11.5 Å². The Bertz CT molecular complexity index is 854. The maximum absolute atomic E-state index is 6.21. The van der Waals surface area contributed by atoms with Crippen LogP contribution in [0.5, 0.6) is 11.5 Å². The second-order valence-corrected chi connectivity index (χ2v) is 8.87. The first-order chi connectivity index (χ1) is 12.3. The normalized spacial score (nSPS) is 12.5. The lowest BCUT2D eigenvalue weighted by atomic mass is 10.2. The van der Waals surface area contributed by atoms with Gasteiger partial charge in [-0.15, -0.1) is 21.5 Å². The number of fused-ring (bicyclic) bond motifs is 1. The summed E-state index contributed by atoms with van der Waals surface area (Å²) in [6.45, 7) is 1.08. The van der Waals surface area contributed by atoms with Crippen molar-refractivity contribution in [2.24, 2.45) is 0 Å². The van der Waals surface area contributed by atoms with Gasteiger partial charge >= 0.3 is 0 Å². The van der Waals surface area contributed by atoms with Crippen molar-refractivity contribution >= 4 is 51.2 Å². The summed E-state index contributed by atoms with van der Waals surface area (Å²) >= 11 is 11.2. The van der Waals surface area contributed by atoms with E-state index in [-0.39, 0.29) is 6.79 Å². The monoisotopic (exact) mass is 411 g/mol. The number of ether oxygens (including phenoxy) is 2. The van der Waals surface area contributed by atoms with Crippen LogP contribution in [0.15, 0.2) is 34.0 Å². The maximum atomic E-state index is 6.21. The molecular formula is C16H14ClN3O2S3. The molecule has 1 aliphatic rings. The summed E-state index contributed by atoms with van der Waals surface area (Å²) in [5.41, 5.74) is 1.07. The minimum atomic E-state index is 0.225. The minimum absolute atomic E-state index is 0.225. The van der Waals surface area contributed by atoms with Crippen molar-refractivity contribution in [2.45, 2.75) is 16.5 Å². The van der Waals surface area contributed by atoms with Crippen LogP contribution in [0.4, 0.5) is 5.13 Å². The van der Waals surface area contributed by atoms with Crippen LogP contribution in [0.3, 0.4) is 0 Å². The molecule has 0 radical (unpaired) electrons. The van der Waals surface area contributed by atoms with Crippen LogP contribution in [-0.4, -0.2) is 23.5 Å². The van der Waals surface area contributed by atoms with Gasteiger partial charge in [-0.1, -0.05) is 40.8 Å². The van der Waals surface area contributed by atoms with E-state index >= 15 is 0 Å². The quantitative estimate of drug-likeness (QED) is 0.556. The number of nitrogens with zero attached hydrogens (tertiary/aromatic N) is 2. The van der Waals surface area contributed by atoms with Gasteiger partial charge in [0.1, 0.15) is 0 Å². The molecule has 0 fully saturated rings. The van der Waals surface area contributed by atoms with Crippen LogP contribution in [-0.2, 0) is 12.2 Å². The van der Waals surface area contributed by atoms with Gasteiger partial charge in [-0.3, -0.25) is 0 Å². The molecule has 4 rings (SSSR count). The molecule has 1 aromatic carbocycles. The molecule has 3 heterocycles. The van der Waals surface area contributed by atoms with Gasteiger partial charge in [-0.05, 0) is 35.6 Å². The third kappa shape index (κ3) is 4.20. The lowest BCUT2D eigenvalue weighted by Gasteiger charge is -2.03. The number of benzene rings is 1. The predicted molar refractivity (Wildman–Crippen MR) is 104 cm³/mol. The van der Waals surface area contributed by atoms with Gasteiger partial charge in [-0.2, -0.15) is 0 Å². The standard InChI is InChI=1S/C16H14ClN3O2S3/c17-12-6-10(7-13-14(12)22-9-21-13)8-24-16-20-19-15(25-16)18-4-3-11-2-1-5-23-11/h1-2,5-7H,3-4,8-9H2,(H,18,19). The fourth-order valence-electron chi connectivity index (χ4n) is 2.34. The van der Waals surface area contributed by atoms with E-state index in [9.17, 15) is 0 Å². The first-order valence-corrected chi connectivity index (χ1v) is 10.6. The average molecular weight is 412 g/mol. The number of aromatic nitrogens is 2. The number of thioether (sulfide) groups is 1. The molecule has 0 spiro atoms. The molecule has 3 aromatic rings. The van der Waals surface area contributed by atoms with Gasteiger partial charge in [-0.25, -0.2) is 0 Å². The van der Waals surface area contributed by atoms with E-state index in [0.717, 1.165) is 33.8 Å². The molecule has 0 bridgehead atoms. The summed E-state index contributed by atoms with van der Waals surface area (Å²) in [5.74, 6) is 2.08. The molecule has 0 saturated carbocycles. The van der Waals surface area contributed by atoms with E-state index < -0.39 is 0 Å². The maximum Gasteiger partial charge on any atom is 0.231 e. The highest BCUT2D eigenvalue weighted by Gasteiger charge is 2.18. The summed E-state index contributed by atoms with van der Waals surface area (Å²) in [7, 11) is 0. The Labute approximate surface area is 162 Å². The summed E-state index contributed by atoms with van der Waals surface area (Å²) in [4.78, 5) is 1.37. The molecular weight excluding hydrogens is 398 g/mol. The van der Waals surface area contributed by atoms with E-state index in [4.69, 9.17) is 21.1 Å². The van der Waals surface area contributed by atoms with Crippen molar-refractivity contribution < 1.29 is 9.47 Å². The van der Waals surface area contributed by atoms with Crippen LogP contribution in [0.25, 0.3) is 0 Å². The Balaban J connectivity index is 1.30. The first kappa shape index (κ1) is 17.0. The van der Waals surface area contributed by atoms with Crippen LogP contribution in [0.1, 0.15) is 10.4 Å². The number of thiophene rings is 1. The Morgan fingerprint density at radius 1 is 1.28 bits per heavy atom. The lowest BCUT2D eigenvalue weighted by molar-refractivity contribution is 0.174. The number of hydrogen-bond donors (Lipinski definition) is 1. The van der Waals surface area contributed by atoms with Crippen LogP contribution >= 0.6 is 46.0 Å². The molecule has 2 aromatic heterocycles. The third-order valence-electron chi connectivity index (χ3n) is 3.48. The van der Waals surface area contributed by atoms with Gasteiger partial charge in [0, 0.05) is 17.2 Å². The van der Waals surface area contributed by atoms with Gasteiger partial charge in [0.2, 0.25) is 11.9 Å². The number of hydrogen-bond acceptors (Lipinski definition) is 8. The second-order valence-electron chi connectivity index (χ2n) is 5.23. The summed E-state index contributed by atoms with van der Waals surface area (Å²) in [6, 6.07) is 8.08. The number of nitrogens with one attached hydrogen (secondary N) is 1. The number of rotatable bonds is 7. The van der Waals surface area contributed by atoms with E-state index in [1.165, 1.54) is 4.88 Å². The molecule has 1 N–H and O–H groups in total. The molecule has 1 aliphatic heterocycles. The topological polar surface area (TPSA) is 56.3 Å². The molecule has 0 unspecified atom stereocenters. The highest BCUT2D eigenvalue weighted by molar-refractivity contribution is 8.00. The number of anilines is 1. The zero-order valence-corrected chi connectivity index (χ0v) is 16.2. The van der Waals surface area contributed by atoms with E-state index in [1.54, 1.807) is 34.4 Å². The minimum Gasteiger partial charge on any atom is -0.454 e. The van der Waals surface area contributed by atoms with Crippen molar-refractivity contribution in [3.63, 3.8) is 0 Å².